The van der Waals surface area contributed by atoms with Crippen LogP contribution in [0.5, 0.6) is 0 Å². The Bertz CT molecular complexity index is 1100. The number of halogens is 2. The van der Waals surface area contributed by atoms with Crippen LogP contribution in [0, 0.1) is 0 Å². The number of likely N-dealkylation sites (tertiary alicyclic amines) is 2. The Morgan fingerprint density at radius 2 is 1.51 bits per heavy atom. The number of hydrogen-bond acceptors (Lipinski definition) is 3. The molecule has 0 radical (unpaired) electrons. The maximum Gasteiger partial charge on any atom is 0.0920 e. The lowest BCUT2D eigenvalue weighted by Crippen LogP contribution is -2.44. The van der Waals surface area contributed by atoms with Crippen LogP contribution in [0.3, 0.4) is 0 Å². The van der Waals surface area contributed by atoms with Crippen molar-refractivity contribution in [3.63, 3.8) is 0 Å². The van der Waals surface area contributed by atoms with Gasteiger partial charge in [-0.25, -0.2) is 0 Å². The van der Waals surface area contributed by atoms with Gasteiger partial charge in [0.05, 0.1) is 15.6 Å². The molecular formula is C30H34Cl2N2O. The lowest BCUT2D eigenvalue weighted by molar-refractivity contribution is -0.0271. The van der Waals surface area contributed by atoms with Crippen molar-refractivity contribution in [3.05, 3.63) is 106 Å². The Hall–Kier alpha value is -1.88. The molecule has 0 aromatic heterocycles. The van der Waals surface area contributed by atoms with Gasteiger partial charge in [-0.15, -0.1) is 0 Å². The van der Waals surface area contributed by atoms with Crippen LogP contribution in [-0.4, -0.2) is 47.1 Å². The fraction of sp³-hybridized carbons (Fsp3) is 0.400. The van der Waals surface area contributed by atoms with E-state index in [0.29, 0.717) is 22.0 Å². The van der Waals surface area contributed by atoms with Crippen molar-refractivity contribution in [2.75, 3.05) is 26.2 Å². The first-order valence-electron chi connectivity index (χ1n) is 12.7. The second-order valence-electron chi connectivity index (χ2n) is 10.1. The van der Waals surface area contributed by atoms with Gasteiger partial charge in [0, 0.05) is 31.6 Å². The van der Waals surface area contributed by atoms with Gasteiger partial charge >= 0.3 is 0 Å². The summed E-state index contributed by atoms with van der Waals surface area (Å²) in [5, 5.41) is 12.5. The van der Waals surface area contributed by atoms with Crippen LogP contribution >= 0.6 is 23.2 Å². The molecule has 3 aromatic rings. The highest BCUT2D eigenvalue weighted by atomic mass is 35.5. The van der Waals surface area contributed by atoms with Gasteiger partial charge in [0.1, 0.15) is 0 Å². The van der Waals surface area contributed by atoms with Crippen LogP contribution in [-0.2, 0) is 12.1 Å². The Kier molecular flexibility index (Phi) is 7.81. The molecule has 0 amide bonds. The molecule has 2 heterocycles. The number of nitrogens with zero attached hydrogens (tertiary/aromatic N) is 2. The molecule has 3 nitrogen and oxygen atoms in total. The summed E-state index contributed by atoms with van der Waals surface area (Å²) in [6, 6.07) is 27.5. The molecule has 0 bridgehead atoms. The molecule has 2 fully saturated rings. The van der Waals surface area contributed by atoms with Crippen LogP contribution in [0.4, 0.5) is 0 Å². The predicted molar refractivity (Wildman–Crippen MR) is 145 cm³/mol. The van der Waals surface area contributed by atoms with E-state index >= 15 is 0 Å². The van der Waals surface area contributed by atoms with Gasteiger partial charge in [0.2, 0.25) is 0 Å². The molecule has 2 saturated heterocycles. The van der Waals surface area contributed by atoms with E-state index in [4.69, 9.17) is 23.2 Å². The van der Waals surface area contributed by atoms with Gasteiger partial charge in [-0.3, -0.25) is 4.90 Å². The van der Waals surface area contributed by atoms with Crippen LogP contribution < -0.4 is 0 Å². The van der Waals surface area contributed by atoms with E-state index in [1.165, 1.54) is 11.1 Å². The largest absolute Gasteiger partial charge is 0.385 e. The SMILES string of the molecule is OC1(c2ccccc2)CCN(CCC2C(c3ccc(Cl)c(Cl)c3)CCN2Cc2ccccc2)CC1. The van der Waals surface area contributed by atoms with Crippen molar-refractivity contribution in [1.29, 1.82) is 0 Å². The van der Waals surface area contributed by atoms with Crippen molar-refractivity contribution in [2.45, 2.75) is 49.8 Å². The van der Waals surface area contributed by atoms with Crippen molar-refractivity contribution in [3.8, 4) is 0 Å². The third-order valence-corrected chi connectivity index (χ3v) is 8.74. The van der Waals surface area contributed by atoms with E-state index in [9.17, 15) is 5.11 Å². The average molecular weight is 510 g/mol. The standard InChI is InChI=1S/C30H34Cl2N2O/c31-27-12-11-24(21-28(27)32)26-13-18-34(22-23-7-3-1-4-8-23)29(26)14-17-33-19-15-30(35,16-20-33)25-9-5-2-6-10-25/h1-12,21,26,29,35H,13-20,22H2. The quantitative estimate of drug-likeness (QED) is 0.383. The van der Waals surface area contributed by atoms with Crippen LogP contribution in [0.15, 0.2) is 78.9 Å². The highest BCUT2D eigenvalue weighted by molar-refractivity contribution is 6.42. The van der Waals surface area contributed by atoms with Gasteiger partial charge in [0.15, 0.2) is 0 Å². The molecule has 2 unspecified atom stereocenters. The second kappa shape index (κ2) is 11.0. The first-order valence-corrected chi connectivity index (χ1v) is 13.5. The Morgan fingerprint density at radius 3 is 2.20 bits per heavy atom. The van der Waals surface area contributed by atoms with Gasteiger partial charge in [-0.2, -0.15) is 0 Å². The molecule has 5 rings (SSSR count). The number of hydrogen-bond donors (Lipinski definition) is 1. The Morgan fingerprint density at radius 1 is 0.829 bits per heavy atom. The third-order valence-electron chi connectivity index (χ3n) is 8.00. The normalized spacial score (nSPS) is 22.9. The molecule has 0 spiro atoms. The minimum atomic E-state index is -0.701. The fourth-order valence-electron chi connectivity index (χ4n) is 5.95. The minimum Gasteiger partial charge on any atom is -0.385 e. The zero-order valence-electron chi connectivity index (χ0n) is 20.1. The molecule has 2 aliphatic heterocycles. The van der Waals surface area contributed by atoms with Crippen LogP contribution in [0.25, 0.3) is 0 Å². The molecule has 0 aliphatic carbocycles. The number of benzene rings is 3. The third kappa shape index (κ3) is 5.76. The number of rotatable bonds is 7. The van der Waals surface area contributed by atoms with E-state index in [2.05, 4.69) is 64.4 Å². The first kappa shape index (κ1) is 24.8. The first-order chi connectivity index (χ1) is 17.0. The topological polar surface area (TPSA) is 26.7 Å². The van der Waals surface area contributed by atoms with Crippen molar-refractivity contribution in [1.82, 2.24) is 9.80 Å². The lowest BCUT2D eigenvalue weighted by atomic mass is 9.84. The van der Waals surface area contributed by atoms with Gasteiger partial charge in [0.25, 0.3) is 0 Å². The molecule has 0 saturated carbocycles. The summed E-state index contributed by atoms with van der Waals surface area (Å²) in [4.78, 5) is 5.18. The van der Waals surface area contributed by atoms with Crippen LogP contribution in [0.2, 0.25) is 10.0 Å². The summed E-state index contributed by atoms with van der Waals surface area (Å²) < 4.78 is 0. The van der Waals surface area contributed by atoms with Gasteiger partial charge < -0.3 is 10.0 Å². The van der Waals surface area contributed by atoms with Crippen molar-refractivity contribution < 1.29 is 5.11 Å². The van der Waals surface area contributed by atoms with E-state index in [0.717, 1.165) is 64.0 Å². The van der Waals surface area contributed by atoms with E-state index in [1.807, 2.05) is 24.3 Å². The number of piperidine rings is 1. The summed E-state index contributed by atoms with van der Waals surface area (Å²) in [6.07, 6.45) is 3.79. The molecule has 1 N–H and O–H groups in total. The van der Waals surface area contributed by atoms with Gasteiger partial charge in [-0.1, -0.05) is 89.9 Å². The summed E-state index contributed by atoms with van der Waals surface area (Å²) in [6.45, 7) is 4.94. The van der Waals surface area contributed by atoms with Crippen LogP contribution in [0.1, 0.15) is 48.3 Å². The van der Waals surface area contributed by atoms with Crippen molar-refractivity contribution in [2.24, 2.45) is 0 Å². The molecular weight excluding hydrogens is 475 g/mol. The van der Waals surface area contributed by atoms with E-state index in [-0.39, 0.29) is 0 Å². The zero-order chi connectivity index (χ0) is 24.3. The predicted octanol–water partition coefficient (Wildman–Crippen LogP) is 6.73. The van der Waals surface area contributed by atoms with Crippen molar-refractivity contribution >= 4 is 23.2 Å². The van der Waals surface area contributed by atoms with E-state index < -0.39 is 5.60 Å². The summed E-state index contributed by atoms with van der Waals surface area (Å²) >= 11 is 12.6. The maximum atomic E-state index is 11.2. The highest BCUT2D eigenvalue weighted by Crippen LogP contribution is 2.39. The molecule has 184 valence electrons. The molecule has 3 aromatic carbocycles. The van der Waals surface area contributed by atoms with Gasteiger partial charge in [-0.05, 0) is 67.6 Å². The minimum absolute atomic E-state index is 0.444. The second-order valence-corrected chi connectivity index (χ2v) is 10.9. The number of aliphatic hydroxyl groups is 1. The summed E-state index contributed by atoms with van der Waals surface area (Å²) in [5.74, 6) is 0.444. The smallest absolute Gasteiger partial charge is 0.0920 e. The summed E-state index contributed by atoms with van der Waals surface area (Å²) in [7, 11) is 0. The molecule has 2 aliphatic rings. The maximum absolute atomic E-state index is 11.2. The Labute approximate surface area is 219 Å². The fourth-order valence-corrected chi connectivity index (χ4v) is 6.25. The lowest BCUT2D eigenvalue weighted by Gasteiger charge is -2.39. The zero-order valence-corrected chi connectivity index (χ0v) is 21.6. The summed E-state index contributed by atoms with van der Waals surface area (Å²) in [5.41, 5.74) is 2.99. The van der Waals surface area contributed by atoms with E-state index in [1.54, 1.807) is 0 Å². The highest BCUT2D eigenvalue weighted by Gasteiger charge is 2.37. The molecule has 35 heavy (non-hydrogen) atoms. The monoisotopic (exact) mass is 508 g/mol. The Balaban J connectivity index is 1.27. The molecule has 2 atom stereocenters. The average Bonchev–Trinajstić information content (AvgIpc) is 3.28. The molecule has 5 heteroatoms.